The lowest BCUT2D eigenvalue weighted by molar-refractivity contribution is 0.188. The molecule has 0 bridgehead atoms. The number of fused-ring (bicyclic) bond motifs is 1. The minimum Gasteiger partial charge on any atom is -0.383 e. The summed E-state index contributed by atoms with van der Waals surface area (Å²) in [5.74, 6) is 0. The SMILES string of the molecule is COCCn1ccc2cc(Nc3c(C)n(C)ncc3=O)ccc21. The van der Waals surface area contributed by atoms with E-state index in [1.165, 1.54) is 6.20 Å². The van der Waals surface area contributed by atoms with Crippen molar-refractivity contribution in [2.24, 2.45) is 7.05 Å². The van der Waals surface area contributed by atoms with E-state index in [0.29, 0.717) is 12.3 Å². The van der Waals surface area contributed by atoms with Crippen LogP contribution in [-0.2, 0) is 18.3 Å². The first kappa shape index (κ1) is 15.3. The molecule has 0 fully saturated rings. The van der Waals surface area contributed by atoms with Crippen LogP contribution in [0.15, 0.2) is 41.5 Å². The second kappa shape index (κ2) is 6.26. The molecule has 1 N–H and O–H groups in total. The summed E-state index contributed by atoms with van der Waals surface area (Å²) in [4.78, 5) is 12.0. The molecule has 2 aromatic heterocycles. The van der Waals surface area contributed by atoms with Gasteiger partial charge in [0.15, 0.2) is 0 Å². The molecule has 0 aliphatic rings. The first-order valence-electron chi connectivity index (χ1n) is 7.48. The van der Waals surface area contributed by atoms with E-state index < -0.39 is 0 Å². The highest BCUT2D eigenvalue weighted by Gasteiger charge is 2.08. The molecule has 1 aromatic carbocycles. The minimum absolute atomic E-state index is 0.113. The van der Waals surface area contributed by atoms with Gasteiger partial charge in [-0.3, -0.25) is 9.48 Å². The van der Waals surface area contributed by atoms with Gasteiger partial charge in [0.2, 0.25) is 5.43 Å². The van der Waals surface area contributed by atoms with E-state index in [1.54, 1.807) is 11.8 Å². The molecule has 120 valence electrons. The number of hydrogen-bond acceptors (Lipinski definition) is 4. The Morgan fingerprint density at radius 1 is 1.30 bits per heavy atom. The first-order chi connectivity index (χ1) is 11.1. The Hall–Kier alpha value is -2.60. The highest BCUT2D eigenvalue weighted by atomic mass is 16.5. The van der Waals surface area contributed by atoms with Crippen molar-refractivity contribution in [2.75, 3.05) is 19.0 Å². The quantitative estimate of drug-likeness (QED) is 0.786. The Morgan fingerprint density at radius 3 is 2.91 bits per heavy atom. The highest BCUT2D eigenvalue weighted by Crippen LogP contribution is 2.23. The van der Waals surface area contributed by atoms with E-state index in [1.807, 2.05) is 38.4 Å². The van der Waals surface area contributed by atoms with Crippen LogP contribution >= 0.6 is 0 Å². The number of hydrogen-bond donors (Lipinski definition) is 1. The zero-order chi connectivity index (χ0) is 16.4. The van der Waals surface area contributed by atoms with Crippen molar-refractivity contribution in [2.45, 2.75) is 13.5 Å². The zero-order valence-electron chi connectivity index (χ0n) is 13.5. The van der Waals surface area contributed by atoms with E-state index in [4.69, 9.17) is 4.74 Å². The van der Waals surface area contributed by atoms with E-state index in [-0.39, 0.29) is 5.43 Å². The number of benzene rings is 1. The molecule has 0 unspecified atom stereocenters. The number of nitrogens with one attached hydrogen (secondary N) is 1. The summed E-state index contributed by atoms with van der Waals surface area (Å²) < 4.78 is 8.96. The maximum atomic E-state index is 12.0. The fourth-order valence-electron chi connectivity index (χ4n) is 2.59. The van der Waals surface area contributed by atoms with Crippen LogP contribution in [0, 0.1) is 6.92 Å². The molecule has 0 radical (unpaired) electrons. The molecule has 0 saturated heterocycles. The van der Waals surface area contributed by atoms with E-state index >= 15 is 0 Å². The first-order valence-corrected chi connectivity index (χ1v) is 7.48. The Morgan fingerprint density at radius 2 is 2.13 bits per heavy atom. The van der Waals surface area contributed by atoms with Gasteiger partial charge in [0.25, 0.3) is 0 Å². The predicted octanol–water partition coefficient (Wildman–Crippen LogP) is 2.43. The number of anilines is 2. The van der Waals surface area contributed by atoms with E-state index in [0.717, 1.165) is 28.8 Å². The zero-order valence-corrected chi connectivity index (χ0v) is 13.5. The van der Waals surface area contributed by atoms with Gasteiger partial charge < -0.3 is 14.6 Å². The van der Waals surface area contributed by atoms with Crippen molar-refractivity contribution in [1.29, 1.82) is 0 Å². The monoisotopic (exact) mass is 312 g/mol. The van der Waals surface area contributed by atoms with Crippen molar-refractivity contribution < 1.29 is 4.74 Å². The van der Waals surface area contributed by atoms with Crippen molar-refractivity contribution in [3.63, 3.8) is 0 Å². The normalized spacial score (nSPS) is 11.1. The fourth-order valence-corrected chi connectivity index (χ4v) is 2.59. The van der Waals surface area contributed by atoms with Crippen LogP contribution in [-0.4, -0.2) is 28.1 Å². The molecule has 0 saturated carbocycles. The molecule has 2 heterocycles. The number of rotatable bonds is 5. The molecule has 0 spiro atoms. The minimum atomic E-state index is -0.113. The maximum absolute atomic E-state index is 12.0. The fraction of sp³-hybridized carbons (Fsp3) is 0.294. The highest BCUT2D eigenvalue weighted by molar-refractivity contribution is 5.84. The van der Waals surface area contributed by atoms with Gasteiger partial charge in [0, 0.05) is 43.5 Å². The standard InChI is InChI=1S/C17H20N4O2/c1-12-17(16(22)11-18-20(12)2)19-14-4-5-15-13(10-14)6-7-21(15)8-9-23-3/h4-7,10-11,19H,8-9H2,1-3H3. The Labute approximate surface area is 134 Å². The Bertz CT molecular complexity index is 895. The molecule has 3 aromatic rings. The smallest absolute Gasteiger partial charge is 0.223 e. The molecule has 0 aliphatic heterocycles. The van der Waals surface area contributed by atoms with Crippen LogP contribution in [0.2, 0.25) is 0 Å². The summed E-state index contributed by atoms with van der Waals surface area (Å²) in [7, 11) is 3.52. The molecule has 0 atom stereocenters. The molecular formula is C17H20N4O2. The summed E-state index contributed by atoms with van der Waals surface area (Å²) in [6, 6.07) is 8.13. The van der Waals surface area contributed by atoms with Gasteiger partial charge in [-0.15, -0.1) is 0 Å². The van der Waals surface area contributed by atoms with Crippen LogP contribution in [0.1, 0.15) is 5.69 Å². The van der Waals surface area contributed by atoms with Crippen molar-refractivity contribution in [3.8, 4) is 0 Å². The van der Waals surface area contributed by atoms with Crippen molar-refractivity contribution in [1.82, 2.24) is 14.3 Å². The maximum Gasteiger partial charge on any atom is 0.223 e. The summed E-state index contributed by atoms with van der Waals surface area (Å²) in [5, 5.41) is 8.35. The van der Waals surface area contributed by atoms with Crippen LogP contribution < -0.4 is 10.7 Å². The van der Waals surface area contributed by atoms with Gasteiger partial charge in [-0.1, -0.05) is 0 Å². The summed E-state index contributed by atoms with van der Waals surface area (Å²) >= 11 is 0. The summed E-state index contributed by atoms with van der Waals surface area (Å²) in [6.45, 7) is 3.36. The largest absolute Gasteiger partial charge is 0.383 e. The van der Waals surface area contributed by atoms with E-state index in [9.17, 15) is 4.79 Å². The second-order valence-electron chi connectivity index (χ2n) is 5.49. The molecule has 0 amide bonds. The van der Waals surface area contributed by atoms with Crippen LogP contribution in [0.3, 0.4) is 0 Å². The average molecular weight is 312 g/mol. The molecule has 3 rings (SSSR count). The van der Waals surface area contributed by atoms with Gasteiger partial charge in [0.05, 0.1) is 18.5 Å². The number of methoxy groups -OCH3 is 1. The van der Waals surface area contributed by atoms with Crippen molar-refractivity contribution >= 4 is 22.3 Å². The number of nitrogens with zero attached hydrogens (tertiary/aromatic N) is 3. The Balaban J connectivity index is 1.93. The lowest BCUT2D eigenvalue weighted by atomic mass is 10.2. The van der Waals surface area contributed by atoms with Gasteiger partial charge in [0.1, 0.15) is 5.69 Å². The molecule has 0 aliphatic carbocycles. The number of ether oxygens (including phenoxy) is 1. The molecule has 23 heavy (non-hydrogen) atoms. The van der Waals surface area contributed by atoms with E-state index in [2.05, 4.69) is 21.0 Å². The number of aromatic nitrogens is 3. The summed E-state index contributed by atoms with van der Waals surface area (Å²) in [6.07, 6.45) is 3.37. The average Bonchev–Trinajstić information content (AvgIpc) is 2.95. The summed E-state index contributed by atoms with van der Waals surface area (Å²) in [5.41, 5.74) is 3.27. The van der Waals surface area contributed by atoms with Crippen molar-refractivity contribution in [3.05, 3.63) is 52.6 Å². The van der Waals surface area contributed by atoms with Gasteiger partial charge >= 0.3 is 0 Å². The third-order valence-electron chi connectivity index (χ3n) is 4.02. The van der Waals surface area contributed by atoms with Crippen LogP contribution in [0.4, 0.5) is 11.4 Å². The van der Waals surface area contributed by atoms with Gasteiger partial charge in [-0.25, -0.2) is 0 Å². The molecular weight excluding hydrogens is 292 g/mol. The van der Waals surface area contributed by atoms with Crippen LogP contribution in [0.5, 0.6) is 0 Å². The molecule has 6 heteroatoms. The topological polar surface area (TPSA) is 61.1 Å². The van der Waals surface area contributed by atoms with Crippen LogP contribution in [0.25, 0.3) is 10.9 Å². The molecule has 6 nitrogen and oxygen atoms in total. The third kappa shape index (κ3) is 2.98. The lowest BCUT2D eigenvalue weighted by Gasteiger charge is -2.11. The Kier molecular flexibility index (Phi) is 4.16. The number of aryl methyl sites for hydroxylation is 1. The lowest BCUT2D eigenvalue weighted by Crippen LogP contribution is -2.16. The predicted molar refractivity (Wildman–Crippen MR) is 91.3 cm³/mol. The third-order valence-corrected chi connectivity index (χ3v) is 4.02. The second-order valence-corrected chi connectivity index (χ2v) is 5.49. The van der Waals surface area contributed by atoms with Gasteiger partial charge in [-0.2, -0.15) is 5.10 Å². The van der Waals surface area contributed by atoms with Gasteiger partial charge in [-0.05, 0) is 31.2 Å².